The van der Waals surface area contributed by atoms with E-state index in [9.17, 15) is 0 Å². The molecule has 0 saturated carbocycles. The van der Waals surface area contributed by atoms with Crippen molar-refractivity contribution in [2.45, 2.75) is 11.4 Å². The summed E-state index contributed by atoms with van der Waals surface area (Å²) >= 11 is 1.54. The Morgan fingerprint density at radius 1 is 1.18 bits per heavy atom. The van der Waals surface area contributed by atoms with Crippen LogP contribution in [0.3, 0.4) is 0 Å². The molecule has 112 valence electrons. The summed E-state index contributed by atoms with van der Waals surface area (Å²) < 4.78 is 8.94. The molecule has 0 amide bonds. The summed E-state index contributed by atoms with van der Waals surface area (Å²) in [5.41, 5.74) is 3.28. The fourth-order valence-corrected chi connectivity index (χ4v) is 2.81. The Morgan fingerprint density at radius 2 is 2.14 bits per heavy atom. The molecule has 2 heterocycles. The first-order chi connectivity index (χ1) is 10.9. The SMILES string of the molecule is CNCc1ccc(-c2ccco2)c(NSc2cccnc2)c1. The normalized spacial score (nSPS) is 10.6. The monoisotopic (exact) mass is 311 g/mol. The van der Waals surface area contributed by atoms with Crippen LogP contribution in [0.15, 0.2) is 70.4 Å². The molecule has 4 nitrogen and oxygen atoms in total. The maximum atomic E-state index is 5.53. The zero-order valence-electron chi connectivity index (χ0n) is 12.2. The lowest BCUT2D eigenvalue weighted by Crippen LogP contribution is -2.05. The lowest BCUT2D eigenvalue weighted by atomic mass is 10.1. The minimum Gasteiger partial charge on any atom is -0.464 e. The number of pyridine rings is 1. The molecule has 0 atom stereocenters. The van der Waals surface area contributed by atoms with Gasteiger partial charge in [0.15, 0.2) is 0 Å². The first-order valence-corrected chi connectivity index (χ1v) is 7.83. The smallest absolute Gasteiger partial charge is 0.135 e. The molecule has 0 aliphatic carbocycles. The summed E-state index contributed by atoms with van der Waals surface area (Å²) in [5, 5.41) is 3.17. The Hall–Kier alpha value is -2.24. The Kier molecular flexibility index (Phi) is 4.78. The summed E-state index contributed by atoms with van der Waals surface area (Å²) in [5.74, 6) is 0.852. The summed E-state index contributed by atoms with van der Waals surface area (Å²) in [6.07, 6.45) is 5.29. The second-order valence-electron chi connectivity index (χ2n) is 4.78. The number of hydrogen-bond donors (Lipinski definition) is 2. The molecule has 0 saturated heterocycles. The van der Waals surface area contributed by atoms with Crippen molar-refractivity contribution < 1.29 is 4.42 Å². The van der Waals surface area contributed by atoms with Crippen LogP contribution in [0.4, 0.5) is 5.69 Å². The lowest BCUT2D eigenvalue weighted by molar-refractivity contribution is 0.582. The second-order valence-corrected chi connectivity index (χ2v) is 5.66. The lowest BCUT2D eigenvalue weighted by Gasteiger charge is -2.12. The standard InChI is InChI=1S/C17H17N3OS/c1-18-11-13-6-7-15(17-5-3-9-21-17)16(10-13)20-22-14-4-2-8-19-12-14/h2-10,12,18,20H,11H2,1H3. The minimum atomic E-state index is 0.824. The molecule has 2 aromatic heterocycles. The number of nitrogens with one attached hydrogen (secondary N) is 2. The molecule has 3 rings (SSSR count). The molecule has 0 spiro atoms. The van der Waals surface area contributed by atoms with Gasteiger partial charge in [-0.2, -0.15) is 0 Å². The quantitative estimate of drug-likeness (QED) is 0.669. The summed E-state index contributed by atoms with van der Waals surface area (Å²) in [6.45, 7) is 0.824. The van der Waals surface area contributed by atoms with Gasteiger partial charge in [-0.3, -0.25) is 4.98 Å². The van der Waals surface area contributed by atoms with Crippen LogP contribution in [0.2, 0.25) is 0 Å². The van der Waals surface area contributed by atoms with Gasteiger partial charge in [-0.1, -0.05) is 6.07 Å². The molecule has 0 aliphatic heterocycles. The Labute approximate surface area is 134 Å². The number of hydrogen-bond acceptors (Lipinski definition) is 5. The van der Waals surface area contributed by atoms with E-state index in [1.807, 2.05) is 37.5 Å². The van der Waals surface area contributed by atoms with Crippen LogP contribution in [-0.4, -0.2) is 12.0 Å². The molecule has 5 heteroatoms. The van der Waals surface area contributed by atoms with E-state index < -0.39 is 0 Å². The highest BCUT2D eigenvalue weighted by atomic mass is 32.2. The van der Waals surface area contributed by atoms with E-state index in [0.29, 0.717) is 0 Å². The van der Waals surface area contributed by atoms with Crippen molar-refractivity contribution >= 4 is 17.6 Å². The van der Waals surface area contributed by atoms with Crippen LogP contribution in [0, 0.1) is 0 Å². The van der Waals surface area contributed by atoms with Crippen molar-refractivity contribution in [2.75, 3.05) is 11.8 Å². The van der Waals surface area contributed by atoms with E-state index in [1.54, 1.807) is 12.5 Å². The number of furan rings is 1. The van der Waals surface area contributed by atoms with E-state index in [4.69, 9.17) is 4.42 Å². The Balaban J connectivity index is 1.87. The van der Waals surface area contributed by atoms with Gasteiger partial charge in [-0.05, 0) is 61.0 Å². The van der Waals surface area contributed by atoms with Gasteiger partial charge in [0.2, 0.25) is 0 Å². The third kappa shape index (κ3) is 3.50. The summed E-state index contributed by atoms with van der Waals surface area (Å²) in [7, 11) is 1.94. The maximum Gasteiger partial charge on any atom is 0.135 e. The van der Waals surface area contributed by atoms with E-state index in [-0.39, 0.29) is 0 Å². The minimum absolute atomic E-state index is 0.824. The summed E-state index contributed by atoms with van der Waals surface area (Å²) in [6, 6.07) is 14.1. The average Bonchev–Trinajstić information content (AvgIpc) is 3.09. The van der Waals surface area contributed by atoms with Crippen LogP contribution in [-0.2, 0) is 6.54 Å². The van der Waals surface area contributed by atoms with Gasteiger partial charge in [0.1, 0.15) is 5.76 Å². The highest BCUT2D eigenvalue weighted by Gasteiger charge is 2.09. The fraction of sp³-hybridized carbons (Fsp3) is 0.118. The number of benzene rings is 1. The predicted molar refractivity (Wildman–Crippen MR) is 90.6 cm³/mol. The van der Waals surface area contributed by atoms with Crippen LogP contribution in [0.1, 0.15) is 5.56 Å². The van der Waals surface area contributed by atoms with E-state index >= 15 is 0 Å². The van der Waals surface area contributed by atoms with Crippen molar-refractivity contribution in [2.24, 2.45) is 0 Å². The molecule has 0 unspecified atom stereocenters. The largest absolute Gasteiger partial charge is 0.464 e. The van der Waals surface area contributed by atoms with Gasteiger partial charge < -0.3 is 14.5 Å². The topological polar surface area (TPSA) is 50.1 Å². The average molecular weight is 311 g/mol. The van der Waals surface area contributed by atoms with Gasteiger partial charge in [0, 0.05) is 29.4 Å². The highest BCUT2D eigenvalue weighted by molar-refractivity contribution is 8.00. The predicted octanol–water partition coefficient (Wildman–Crippen LogP) is 4.18. The van der Waals surface area contributed by atoms with Gasteiger partial charge in [0.05, 0.1) is 12.0 Å². The first kappa shape index (κ1) is 14.7. The molecular weight excluding hydrogens is 294 g/mol. The third-order valence-electron chi connectivity index (χ3n) is 3.16. The van der Waals surface area contributed by atoms with Crippen molar-refractivity contribution in [3.63, 3.8) is 0 Å². The molecule has 0 bridgehead atoms. The molecular formula is C17H17N3OS. The van der Waals surface area contributed by atoms with Gasteiger partial charge >= 0.3 is 0 Å². The van der Waals surface area contributed by atoms with Crippen LogP contribution >= 0.6 is 11.9 Å². The van der Waals surface area contributed by atoms with E-state index in [2.05, 4.69) is 33.2 Å². The molecule has 3 aromatic rings. The zero-order chi connectivity index (χ0) is 15.2. The molecule has 2 N–H and O–H groups in total. The zero-order valence-corrected chi connectivity index (χ0v) is 13.1. The van der Waals surface area contributed by atoms with Crippen molar-refractivity contribution in [3.05, 3.63) is 66.7 Å². The van der Waals surface area contributed by atoms with Crippen molar-refractivity contribution in [1.29, 1.82) is 0 Å². The number of aromatic nitrogens is 1. The number of nitrogens with zero attached hydrogens (tertiary/aromatic N) is 1. The highest BCUT2D eigenvalue weighted by Crippen LogP contribution is 2.32. The van der Waals surface area contributed by atoms with Gasteiger partial charge in [0.25, 0.3) is 0 Å². The van der Waals surface area contributed by atoms with Crippen LogP contribution in [0.25, 0.3) is 11.3 Å². The molecule has 0 aliphatic rings. The second kappa shape index (κ2) is 7.15. The molecule has 1 aromatic carbocycles. The van der Waals surface area contributed by atoms with Gasteiger partial charge in [-0.25, -0.2) is 0 Å². The Bertz CT molecular complexity index is 714. The first-order valence-electron chi connectivity index (χ1n) is 7.01. The maximum absolute atomic E-state index is 5.53. The Morgan fingerprint density at radius 3 is 2.86 bits per heavy atom. The summed E-state index contributed by atoms with van der Waals surface area (Å²) in [4.78, 5) is 5.19. The molecule has 0 fully saturated rings. The van der Waals surface area contributed by atoms with Crippen LogP contribution < -0.4 is 10.0 Å². The van der Waals surface area contributed by atoms with E-state index in [0.717, 1.165) is 28.5 Å². The molecule has 0 radical (unpaired) electrons. The third-order valence-corrected chi connectivity index (χ3v) is 3.96. The van der Waals surface area contributed by atoms with Crippen molar-refractivity contribution in [1.82, 2.24) is 10.3 Å². The fourth-order valence-electron chi connectivity index (χ4n) is 2.16. The van der Waals surface area contributed by atoms with Gasteiger partial charge in [-0.15, -0.1) is 0 Å². The van der Waals surface area contributed by atoms with Crippen LogP contribution in [0.5, 0.6) is 0 Å². The van der Waals surface area contributed by atoms with E-state index in [1.165, 1.54) is 17.5 Å². The number of anilines is 1. The molecule has 22 heavy (non-hydrogen) atoms. The number of rotatable bonds is 6. The van der Waals surface area contributed by atoms with Crippen molar-refractivity contribution in [3.8, 4) is 11.3 Å².